The van der Waals surface area contributed by atoms with E-state index in [-0.39, 0.29) is 0 Å². The van der Waals surface area contributed by atoms with E-state index in [1.54, 1.807) is 7.11 Å². The van der Waals surface area contributed by atoms with E-state index in [1.165, 1.54) is 5.56 Å². The second-order valence-electron chi connectivity index (χ2n) is 5.19. The van der Waals surface area contributed by atoms with Crippen molar-refractivity contribution in [3.05, 3.63) is 35.9 Å². The fourth-order valence-electron chi connectivity index (χ4n) is 2.71. The molecular formula is C15H24N2O. The van der Waals surface area contributed by atoms with Gasteiger partial charge in [0, 0.05) is 45.9 Å². The first-order valence-electron chi connectivity index (χ1n) is 6.80. The monoisotopic (exact) mass is 248 g/mol. The van der Waals surface area contributed by atoms with Gasteiger partial charge in [0.1, 0.15) is 0 Å². The van der Waals surface area contributed by atoms with Crippen LogP contribution in [0.2, 0.25) is 0 Å². The number of ether oxygens (including phenoxy) is 1. The number of benzene rings is 1. The lowest BCUT2D eigenvalue weighted by Crippen LogP contribution is -2.47. The Kier molecular flexibility index (Phi) is 5.17. The SMILES string of the molecule is COCC(C)CN1CCNCC1c1ccccc1. The fourth-order valence-corrected chi connectivity index (χ4v) is 2.71. The molecule has 0 radical (unpaired) electrons. The first-order valence-corrected chi connectivity index (χ1v) is 6.80. The van der Waals surface area contributed by atoms with Crippen LogP contribution in [0.1, 0.15) is 18.5 Å². The quantitative estimate of drug-likeness (QED) is 0.861. The summed E-state index contributed by atoms with van der Waals surface area (Å²) in [4.78, 5) is 2.58. The highest BCUT2D eigenvalue weighted by atomic mass is 16.5. The number of piperazine rings is 1. The van der Waals surface area contributed by atoms with Crippen LogP contribution >= 0.6 is 0 Å². The maximum absolute atomic E-state index is 5.24. The summed E-state index contributed by atoms with van der Waals surface area (Å²) < 4.78 is 5.24. The van der Waals surface area contributed by atoms with Crippen LogP contribution in [-0.4, -0.2) is 44.8 Å². The summed E-state index contributed by atoms with van der Waals surface area (Å²) >= 11 is 0. The molecule has 100 valence electrons. The molecule has 1 aliphatic heterocycles. The van der Waals surface area contributed by atoms with E-state index in [0.29, 0.717) is 12.0 Å². The Hall–Kier alpha value is -0.900. The minimum Gasteiger partial charge on any atom is -0.384 e. The lowest BCUT2D eigenvalue weighted by molar-refractivity contribution is 0.0959. The zero-order valence-corrected chi connectivity index (χ0v) is 11.4. The lowest BCUT2D eigenvalue weighted by atomic mass is 10.0. The number of rotatable bonds is 5. The van der Waals surface area contributed by atoms with Crippen LogP contribution in [0.5, 0.6) is 0 Å². The van der Waals surface area contributed by atoms with Crippen LogP contribution in [0.3, 0.4) is 0 Å². The normalized spacial score (nSPS) is 22.9. The number of hydrogen-bond acceptors (Lipinski definition) is 3. The molecule has 0 aliphatic carbocycles. The average molecular weight is 248 g/mol. The summed E-state index contributed by atoms with van der Waals surface area (Å²) in [6.07, 6.45) is 0. The molecule has 1 N–H and O–H groups in total. The van der Waals surface area contributed by atoms with Gasteiger partial charge in [-0.3, -0.25) is 4.90 Å². The standard InChI is InChI=1S/C15H24N2O/c1-13(12-18-2)11-17-9-8-16-10-15(17)14-6-4-3-5-7-14/h3-7,13,15-16H,8-12H2,1-2H3. The number of nitrogens with zero attached hydrogens (tertiary/aromatic N) is 1. The van der Waals surface area contributed by atoms with Gasteiger partial charge in [-0.1, -0.05) is 37.3 Å². The van der Waals surface area contributed by atoms with Gasteiger partial charge in [0.25, 0.3) is 0 Å². The van der Waals surface area contributed by atoms with Crippen molar-refractivity contribution in [2.75, 3.05) is 39.9 Å². The molecule has 0 bridgehead atoms. The molecule has 18 heavy (non-hydrogen) atoms. The highest BCUT2D eigenvalue weighted by molar-refractivity contribution is 5.20. The van der Waals surface area contributed by atoms with Gasteiger partial charge in [0.2, 0.25) is 0 Å². The molecule has 2 atom stereocenters. The van der Waals surface area contributed by atoms with Crippen molar-refractivity contribution >= 4 is 0 Å². The highest BCUT2D eigenvalue weighted by Gasteiger charge is 2.24. The fraction of sp³-hybridized carbons (Fsp3) is 0.600. The minimum absolute atomic E-state index is 0.499. The topological polar surface area (TPSA) is 24.5 Å². The Labute approximate surface area is 110 Å². The highest BCUT2D eigenvalue weighted by Crippen LogP contribution is 2.22. The molecule has 1 fully saturated rings. The Morgan fingerprint density at radius 1 is 1.39 bits per heavy atom. The van der Waals surface area contributed by atoms with Gasteiger partial charge in [-0.2, -0.15) is 0 Å². The molecule has 3 nitrogen and oxygen atoms in total. The maximum atomic E-state index is 5.24. The van der Waals surface area contributed by atoms with Crippen molar-refractivity contribution < 1.29 is 4.74 Å². The van der Waals surface area contributed by atoms with Crippen LogP contribution in [0, 0.1) is 5.92 Å². The summed E-state index contributed by atoms with van der Waals surface area (Å²) in [7, 11) is 1.78. The van der Waals surface area contributed by atoms with Crippen LogP contribution in [0.4, 0.5) is 0 Å². The van der Waals surface area contributed by atoms with Gasteiger partial charge in [0.15, 0.2) is 0 Å². The van der Waals surface area contributed by atoms with Crippen LogP contribution in [0.25, 0.3) is 0 Å². The first kappa shape index (κ1) is 13.5. The number of nitrogens with one attached hydrogen (secondary N) is 1. The van der Waals surface area contributed by atoms with Gasteiger partial charge >= 0.3 is 0 Å². The molecule has 1 aliphatic rings. The summed E-state index contributed by atoms with van der Waals surface area (Å²) in [6, 6.07) is 11.3. The van der Waals surface area contributed by atoms with Crippen molar-refractivity contribution in [3.63, 3.8) is 0 Å². The Bertz CT molecular complexity index is 342. The molecule has 2 rings (SSSR count). The van der Waals surface area contributed by atoms with Gasteiger partial charge in [-0.25, -0.2) is 0 Å². The van der Waals surface area contributed by atoms with E-state index >= 15 is 0 Å². The van der Waals surface area contributed by atoms with Gasteiger partial charge in [0.05, 0.1) is 0 Å². The second kappa shape index (κ2) is 6.88. The van der Waals surface area contributed by atoms with Crippen LogP contribution in [-0.2, 0) is 4.74 Å². The largest absolute Gasteiger partial charge is 0.384 e. The molecular weight excluding hydrogens is 224 g/mol. The van der Waals surface area contributed by atoms with Crippen LogP contribution < -0.4 is 5.32 Å². The maximum Gasteiger partial charge on any atom is 0.0500 e. The second-order valence-corrected chi connectivity index (χ2v) is 5.19. The van der Waals surface area contributed by atoms with E-state index in [9.17, 15) is 0 Å². The molecule has 1 aromatic rings. The van der Waals surface area contributed by atoms with Crippen molar-refractivity contribution in [1.29, 1.82) is 0 Å². The van der Waals surface area contributed by atoms with E-state index in [2.05, 4.69) is 47.5 Å². The lowest BCUT2D eigenvalue weighted by Gasteiger charge is -2.38. The van der Waals surface area contributed by atoms with E-state index in [4.69, 9.17) is 4.74 Å². The van der Waals surface area contributed by atoms with Crippen molar-refractivity contribution in [2.45, 2.75) is 13.0 Å². The molecule has 0 aromatic heterocycles. The minimum atomic E-state index is 0.499. The third-order valence-corrected chi connectivity index (χ3v) is 3.54. The Balaban J connectivity index is 2.02. The van der Waals surface area contributed by atoms with Gasteiger partial charge in [-0.15, -0.1) is 0 Å². The summed E-state index contributed by atoms with van der Waals surface area (Å²) in [5.41, 5.74) is 1.41. The zero-order chi connectivity index (χ0) is 12.8. The molecule has 3 heteroatoms. The predicted octanol–water partition coefficient (Wildman–Crippen LogP) is 1.92. The van der Waals surface area contributed by atoms with Crippen molar-refractivity contribution in [2.24, 2.45) is 5.92 Å². The number of methoxy groups -OCH3 is 1. The van der Waals surface area contributed by atoms with Gasteiger partial charge < -0.3 is 10.1 Å². The summed E-state index contributed by atoms with van der Waals surface area (Å²) in [5.74, 6) is 0.583. The first-order chi connectivity index (χ1) is 8.81. The zero-order valence-electron chi connectivity index (χ0n) is 11.4. The summed E-state index contributed by atoms with van der Waals surface area (Å²) in [6.45, 7) is 7.45. The number of hydrogen-bond donors (Lipinski definition) is 1. The molecule has 1 heterocycles. The smallest absolute Gasteiger partial charge is 0.0500 e. The molecule has 0 spiro atoms. The van der Waals surface area contributed by atoms with E-state index < -0.39 is 0 Å². The third kappa shape index (κ3) is 3.55. The van der Waals surface area contributed by atoms with Crippen molar-refractivity contribution in [1.82, 2.24) is 10.2 Å². The molecule has 1 aromatic carbocycles. The van der Waals surface area contributed by atoms with Crippen LogP contribution in [0.15, 0.2) is 30.3 Å². The van der Waals surface area contributed by atoms with Gasteiger partial charge in [-0.05, 0) is 11.5 Å². The van der Waals surface area contributed by atoms with E-state index in [0.717, 1.165) is 32.8 Å². The van der Waals surface area contributed by atoms with Crippen molar-refractivity contribution in [3.8, 4) is 0 Å². The Morgan fingerprint density at radius 2 is 2.17 bits per heavy atom. The Morgan fingerprint density at radius 3 is 2.89 bits per heavy atom. The van der Waals surface area contributed by atoms with E-state index in [1.807, 2.05) is 0 Å². The molecule has 0 saturated carbocycles. The molecule has 1 saturated heterocycles. The third-order valence-electron chi connectivity index (χ3n) is 3.54. The average Bonchev–Trinajstić information content (AvgIpc) is 2.40. The molecule has 2 unspecified atom stereocenters. The summed E-state index contributed by atoms with van der Waals surface area (Å²) in [5, 5.41) is 3.50. The predicted molar refractivity (Wildman–Crippen MR) is 74.7 cm³/mol. The molecule has 0 amide bonds.